The van der Waals surface area contributed by atoms with E-state index in [1.165, 1.54) is 0 Å². The van der Waals surface area contributed by atoms with Gasteiger partial charge in [0, 0.05) is 18.6 Å². The Morgan fingerprint density at radius 3 is 2.77 bits per heavy atom. The van der Waals surface area contributed by atoms with Crippen molar-refractivity contribution >= 4 is 0 Å². The molecule has 1 aliphatic heterocycles. The summed E-state index contributed by atoms with van der Waals surface area (Å²) < 4.78 is 0. The Morgan fingerprint density at radius 2 is 2.31 bits per heavy atom. The summed E-state index contributed by atoms with van der Waals surface area (Å²) >= 11 is 0. The van der Waals surface area contributed by atoms with Gasteiger partial charge in [0.15, 0.2) is 0 Å². The van der Waals surface area contributed by atoms with Crippen LogP contribution in [-0.4, -0.2) is 46.5 Å². The number of hydrogen-bond donors (Lipinski definition) is 2. The number of aliphatic hydroxyl groups excluding tert-OH is 2. The molecule has 0 aromatic carbocycles. The van der Waals surface area contributed by atoms with Gasteiger partial charge in [-0.15, -0.1) is 0 Å². The van der Waals surface area contributed by atoms with Crippen molar-refractivity contribution in [2.75, 3.05) is 19.7 Å². The number of likely N-dealkylation sites (tertiary alicyclic amines) is 1. The van der Waals surface area contributed by atoms with E-state index in [0.29, 0.717) is 13.0 Å². The molecule has 0 saturated carbocycles. The van der Waals surface area contributed by atoms with Crippen LogP contribution in [0.3, 0.4) is 0 Å². The summed E-state index contributed by atoms with van der Waals surface area (Å²) in [5.41, 5.74) is 0.798. The van der Waals surface area contributed by atoms with E-state index in [2.05, 4.69) is 11.5 Å². The summed E-state index contributed by atoms with van der Waals surface area (Å²) in [7, 11) is 0. The van der Waals surface area contributed by atoms with E-state index in [-0.39, 0.29) is 18.2 Å². The number of rotatable bonds is 3. The van der Waals surface area contributed by atoms with Gasteiger partial charge in [0.05, 0.1) is 12.7 Å². The molecular formula is C10H19NO2. The molecular weight excluding hydrogens is 166 g/mol. The smallest absolute Gasteiger partial charge is 0.0685 e. The van der Waals surface area contributed by atoms with E-state index in [1.807, 2.05) is 13.8 Å². The third kappa shape index (κ3) is 2.30. The number of nitrogens with zero attached hydrogens (tertiary/aromatic N) is 1. The molecule has 0 aromatic heterocycles. The molecule has 1 aliphatic rings. The molecule has 3 heteroatoms. The number of aliphatic hydroxyl groups is 2. The lowest BCUT2D eigenvalue weighted by Gasteiger charge is -2.33. The molecule has 1 fully saturated rings. The highest BCUT2D eigenvalue weighted by atomic mass is 16.3. The summed E-state index contributed by atoms with van der Waals surface area (Å²) in [6, 6.07) is 0. The first kappa shape index (κ1) is 10.7. The monoisotopic (exact) mass is 185 g/mol. The van der Waals surface area contributed by atoms with Crippen LogP contribution in [-0.2, 0) is 0 Å². The molecule has 13 heavy (non-hydrogen) atoms. The van der Waals surface area contributed by atoms with Gasteiger partial charge in [0.2, 0.25) is 0 Å². The summed E-state index contributed by atoms with van der Waals surface area (Å²) in [5.74, 6) is 0. The predicted molar refractivity (Wildman–Crippen MR) is 52.5 cm³/mol. The number of hydrogen-bond acceptors (Lipinski definition) is 3. The van der Waals surface area contributed by atoms with Gasteiger partial charge in [-0.1, -0.05) is 12.2 Å². The van der Waals surface area contributed by atoms with Crippen LogP contribution in [0.4, 0.5) is 0 Å². The van der Waals surface area contributed by atoms with Gasteiger partial charge >= 0.3 is 0 Å². The van der Waals surface area contributed by atoms with Crippen molar-refractivity contribution in [3.63, 3.8) is 0 Å². The minimum absolute atomic E-state index is 0.0946. The van der Waals surface area contributed by atoms with Gasteiger partial charge in [-0.3, -0.25) is 4.90 Å². The maximum absolute atomic E-state index is 9.50. The van der Waals surface area contributed by atoms with Crippen LogP contribution >= 0.6 is 0 Å². The molecule has 3 nitrogen and oxygen atoms in total. The summed E-state index contributed by atoms with van der Waals surface area (Å²) in [5, 5.41) is 18.7. The Labute approximate surface area is 79.7 Å². The predicted octanol–water partition coefficient (Wildman–Crippen LogP) is 0.380. The maximum Gasteiger partial charge on any atom is 0.0685 e. The molecule has 2 N–H and O–H groups in total. The Kier molecular flexibility index (Phi) is 3.11. The van der Waals surface area contributed by atoms with Crippen LogP contribution in [0.5, 0.6) is 0 Å². The maximum atomic E-state index is 9.50. The highest BCUT2D eigenvalue weighted by Gasteiger charge is 2.40. The van der Waals surface area contributed by atoms with Gasteiger partial charge in [-0.05, 0) is 20.3 Å². The van der Waals surface area contributed by atoms with E-state index in [1.54, 1.807) is 0 Å². The Hall–Kier alpha value is -0.380. The summed E-state index contributed by atoms with van der Waals surface area (Å²) in [6.45, 7) is 9.27. The fourth-order valence-corrected chi connectivity index (χ4v) is 1.92. The molecule has 0 amide bonds. The third-order valence-corrected chi connectivity index (χ3v) is 2.67. The van der Waals surface area contributed by atoms with Gasteiger partial charge in [0.25, 0.3) is 0 Å². The van der Waals surface area contributed by atoms with Crippen LogP contribution in [0.2, 0.25) is 0 Å². The zero-order valence-corrected chi connectivity index (χ0v) is 8.45. The van der Waals surface area contributed by atoms with Gasteiger partial charge in [-0.2, -0.15) is 0 Å². The van der Waals surface area contributed by atoms with Crippen molar-refractivity contribution in [2.24, 2.45) is 0 Å². The van der Waals surface area contributed by atoms with Crippen molar-refractivity contribution in [1.29, 1.82) is 0 Å². The highest BCUT2D eigenvalue weighted by molar-refractivity contribution is 5.02. The SMILES string of the molecule is C=C(C)CN1CC(O)CC1(C)CO. The highest BCUT2D eigenvalue weighted by Crippen LogP contribution is 2.28. The van der Waals surface area contributed by atoms with Crippen LogP contribution in [0.15, 0.2) is 12.2 Å². The first-order chi connectivity index (χ1) is 5.98. The van der Waals surface area contributed by atoms with Crippen molar-refractivity contribution in [3.8, 4) is 0 Å². The van der Waals surface area contributed by atoms with Crippen LogP contribution in [0.1, 0.15) is 20.3 Å². The minimum atomic E-state index is -0.309. The second-order valence-corrected chi connectivity index (χ2v) is 4.35. The lowest BCUT2D eigenvalue weighted by atomic mass is 9.99. The van der Waals surface area contributed by atoms with Crippen LogP contribution in [0, 0.1) is 0 Å². The van der Waals surface area contributed by atoms with Crippen molar-refractivity contribution in [3.05, 3.63) is 12.2 Å². The van der Waals surface area contributed by atoms with Crippen molar-refractivity contribution < 1.29 is 10.2 Å². The molecule has 0 spiro atoms. The average Bonchev–Trinajstić information content (AvgIpc) is 2.27. The fourth-order valence-electron chi connectivity index (χ4n) is 1.92. The number of β-amino-alcohol motifs (C(OH)–C–C–N with tert-alkyl or cyclic N) is 1. The fraction of sp³-hybridized carbons (Fsp3) is 0.800. The zero-order valence-electron chi connectivity index (χ0n) is 8.45. The van der Waals surface area contributed by atoms with E-state index in [9.17, 15) is 10.2 Å². The molecule has 1 heterocycles. The Morgan fingerprint density at radius 1 is 1.69 bits per heavy atom. The molecule has 0 aliphatic carbocycles. The first-order valence-electron chi connectivity index (χ1n) is 4.66. The first-order valence-corrected chi connectivity index (χ1v) is 4.66. The molecule has 76 valence electrons. The van der Waals surface area contributed by atoms with Gasteiger partial charge < -0.3 is 10.2 Å². The molecule has 2 unspecified atom stereocenters. The molecule has 1 rings (SSSR count). The van der Waals surface area contributed by atoms with Gasteiger partial charge in [0.1, 0.15) is 0 Å². The Bertz CT molecular complexity index is 205. The van der Waals surface area contributed by atoms with Crippen LogP contribution in [0.25, 0.3) is 0 Å². The minimum Gasteiger partial charge on any atom is -0.394 e. The standard InChI is InChI=1S/C10H19NO2/c1-8(2)5-11-6-9(13)4-10(11,3)7-12/h9,12-13H,1,4-7H2,2-3H3. The molecule has 2 atom stereocenters. The van der Waals surface area contributed by atoms with Crippen molar-refractivity contribution in [1.82, 2.24) is 4.90 Å². The van der Waals surface area contributed by atoms with E-state index in [4.69, 9.17) is 0 Å². The van der Waals surface area contributed by atoms with E-state index < -0.39 is 0 Å². The average molecular weight is 185 g/mol. The molecule has 0 aromatic rings. The Balaban J connectivity index is 2.66. The summed E-state index contributed by atoms with van der Waals surface area (Å²) in [6.07, 6.45) is 0.341. The normalized spacial score (nSPS) is 35.2. The lowest BCUT2D eigenvalue weighted by molar-refractivity contribution is 0.0865. The van der Waals surface area contributed by atoms with Crippen molar-refractivity contribution in [2.45, 2.75) is 31.9 Å². The van der Waals surface area contributed by atoms with E-state index >= 15 is 0 Å². The molecule has 1 saturated heterocycles. The molecule has 0 radical (unpaired) electrons. The van der Waals surface area contributed by atoms with E-state index in [0.717, 1.165) is 12.1 Å². The quantitative estimate of drug-likeness (QED) is 0.625. The van der Waals surface area contributed by atoms with Gasteiger partial charge in [-0.25, -0.2) is 0 Å². The zero-order chi connectivity index (χ0) is 10.1. The second-order valence-electron chi connectivity index (χ2n) is 4.35. The largest absolute Gasteiger partial charge is 0.394 e. The third-order valence-electron chi connectivity index (χ3n) is 2.67. The summed E-state index contributed by atoms with van der Waals surface area (Å²) in [4.78, 5) is 2.10. The topological polar surface area (TPSA) is 43.7 Å². The molecule has 0 bridgehead atoms. The lowest BCUT2D eigenvalue weighted by Crippen LogP contribution is -2.44. The van der Waals surface area contributed by atoms with Crippen LogP contribution < -0.4 is 0 Å². The second kappa shape index (κ2) is 3.78.